The van der Waals surface area contributed by atoms with Crippen LogP contribution in [-0.2, 0) is 11.4 Å². The van der Waals surface area contributed by atoms with Gasteiger partial charge in [-0.25, -0.2) is 0 Å². The van der Waals surface area contributed by atoms with Crippen molar-refractivity contribution in [3.8, 4) is 5.75 Å². The quantitative estimate of drug-likeness (QED) is 0.162. The van der Waals surface area contributed by atoms with Crippen LogP contribution >= 0.6 is 0 Å². The molecule has 5 rings (SSSR count). The van der Waals surface area contributed by atoms with Gasteiger partial charge in [0.1, 0.15) is 12.4 Å². The third kappa shape index (κ3) is 4.98. The Labute approximate surface area is 211 Å². The molecule has 0 N–H and O–H groups in total. The van der Waals surface area contributed by atoms with Gasteiger partial charge in [-0.05, 0) is 54.5 Å². The van der Waals surface area contributed by atoms with Crippen LogP contribution < -0.4 is 9.64 Å². The number of rotatable bonds is 8. The lowest BCUT2D eigenvalue weighted by atomic mass is 9.81. The minimum atomic E-state index is -0.421. The first-order chi connectivity index (χ1) is 17.6. The van der Waals surface area contributed by atoms with Crippen molar-refractivity contribution < 1.29 is 14.3 Å². The largest absolute Gasteiger partial charge is 0.489 e. The van der Waals surface area contributed by atoms with Crippen LogP contribution in [0, 0.1) is 12.8 Å². The van der Waals surface area contributed by atoms with Crippen LogP contribution in [0.3, 0.4) is 0 Å². The average molecular weight is 474 g/mol. The summed E-state index contributed by atoms with van der Waals surface area (Å²) in [4.78, 5) is 27.8. The lowest BCUT2D eigenvalue weighted by Gasteiger charge is -2.46. The van der Waals surface area contributed by atoms with Crippen molar-refractivity contribution in [3.63, 3.8) is 0 Å². The highest BCUT2D eigenvalue weighted by atomic mass is 16.5. The van der Waals surface area contributed by atoms with E-state index in [-0.39, 0.29) is 17.7 Å². The maximum absolute atomic E-state index is 13.2. The number of hydrogen-bond donors (Lipinski definition) is 0. The van der Waals surface area contributed by atoms with E-state index in [1.807, 2.05) is 110 Å². The summed E-state index contributed by atoms with van der Waals surface area (Å²) in [6, 6.07) is 34.8. The Morgan fingerprint density at radius 1 is 0.861 bits per heavy atom. The summed E-state index contributed by atoms with van der Waals surface area (Å²) in [5, 5.41) is 0. The Morgan fingerprint density at radius 3 is 2.25 bits per heavy atom. The molecular formula is C32H27NO3. The molecule has 0 aromatic heterocycles. The summed E-state index contributed by atoms with van der Waals surface area (Å²) in [6.07, 6.45) is 3.28. The molecule has 0 aliphatic carbocycles. The van der Waals surface area contributed by atoms with Crippen LogP contribution in [0.2, 0.25) is 0 Å². The van der Waals surface area contributed by atoms with Gasteiger partial charge in [0, 0.05) is 11.3 Å². The van der Waals surface area contributed by atoms with Gasteiger partial charge in [-0.2, -0.15) is 0 Å². The zero-order valence-corrected chi connectivity index (χ0v) is 20.1. The number of ether oxygens (including phenoxy) is 1. The van der Waals surface area contributed by atoms with E-state index >= 15 is 0 Å². The van der Waals surface area contributed by atoms with Gasteiger partial charge in [0.2, 0.25) is 5.91 Å². The highest BCUT2D eigenvalue weighted by molar-refractivity contribution is 6.07. The Balaban J connectivity index is 1.37. The number of hydrogen-bond acceptors (Lipinski definition) is 3. The molecule has 1 amide bonds. The Hall–Kier alpha value is -4.44. The number of aryl methyl sites for hydroxylation is 1. The summed E-state index contributed by atoms with van der Waals surface area (Å²) in [7, 11) is 0. The summed E-state index contributed by atoms with van der Waals surface area (Å²) in [6.45, 7) is 2.45. The third-order valence-electron chi connectivity index (χ3n) is 6.40. The van der Waals surface area contributed by atoms with Crippen molar-refractivity contribution in [2.24, 2.45) is 5.92 Å². The number of para-hydroxylation sites is 1. The second kappa shape index (κ2) is 10.4. The minimum Gasteiger partial charge on any atom is -0.489 e. The third-order valence-corrected chi connectivity index (χ3v) is 6.40. The molecule has 36 heavy (non-hydrogen) atoms. The van der Waals surface area contributed by atoms with Gasteiger partial charge in [-0.3, -0.25) is 9.59 Å². The van der Waals surface area contributed by atoms with Crippen LogP contribution in [0.15, 0.2) is 121 Å². The first kappa shape index (κ1) is 23.3. The monoisotopic (exact) mass is 473 g/mol. The van der Waals surface area contributed by atoms with E-state index in [1.165, 1.54) is 6.08 Å². The van der Waals surface area contributed by atoms with Gasteiger partial charge >= 0.3 is 0 Å². The Kier molecular flexibility index (Phi) is 6.76. The highest BCUT2D eigenvalue weighted by Gasteiger charge is 2.47. The van der Waals surface area contributed by atoms with Crippen molar-refractivity contribution in [1.82, 2.24) is 0 Å². The van der Waals surface area contributed by atoms with E-state index in [2.05, 4.69) is 0 Å². The van der Waals surface area contributed by atoms with E-state index in [0.717, 1.165) is 28.1 Å². The second-order valence-electron chi connectivity index (χ2n) is 8.95. The molecule has 0 spiro atoms. The first-order valence-electron chi connectivity index (χ1n) is 12.0. The fourth-order valence-corrected chi connectivity index (χ4v) is 4.52. The molecule has 1 aliphatic heterocycles. The summed E-state index contributed by atoms with van der Waals surface area (Å²) < 4.78 is 5.94. The molecule has 1 fully saturated rings. The molecule has 4 aromatic carbocycles. The van der Waals surface area contributed by atoms with Crippen molar-refractivity contribution in [2.45, 2.75) is 19.6 Å². The van der Waals surface area contributed by atoms with Gasteiger partial charge in [-0.15, -0.1) is 0 Å². The van der Waals surface area contributed by atoms with Crippen molar-refractivity contribution in [2.75, 3.05) is 4.90 Å². The van der Waals surface area contributed by atoms with E-state index in [4.69, 9.17) is 4.74 Å². The lowest BCUT2D eigenvalue weighted by molar-refractivity contribution is -0.128. The molecule has 0 saturated carbocycles. The molecule has 0 bridgehead atoms. The van der Waals surface area contributed by atoms with Gasteiger partial charge in [0.15, 0.2) is 5.78 Å². The number of benzene rings is 4. The van der Waals surface area contributed by atoms with E-state index in [9.17, 15) is 9.59 Å². The van der Waals surface area contributed by atoms with Crippen molar-refractivity contribution >= 4 is 17.4 Å². The average Bonchev–Trinajstić information content (AvgIpc) is 2.92. The fourth-order valence-electron chi connectivity index (χ4n) is 4.52. The molecule has 0 radical (unpaired) electrons. The number of allylic oxidation sites excluding steroid dienone is 1. The number of carbonyl (C=O) groups is 2. The standard InChI is InChI=1S/C32H27NO3/c1-23-9-8-12-26(21-23)30(34)20-19-29-31(33(32(29)35)27-13-6-3-7-14-27)25-15-17-28(18-16-25)36-22-24-10-4-2-5-11-24/h2-21,29,31H,22H2,1H3/b20-19+/t29-,31-/m1/s1. The van der Waals surface area contributed by atoms with Crippen LogP contribution in [0.5, 0.6) is 5.75 Å². The zero-order chi connectivity index (χ0) is 24.9. The van der Waals surface area contributed by atoms with Crippen LogP contribution in [0.1, 0.15) is 33.1 Å². The van der Waals surface area contributed by atoms with Gasteiger partial charge in [0.05, 0.1) is 12.0 Å². The zero-order valence-electron chi connectivity index (χ0n) is 20.1. The minimum absolute atomic E-state index is 0.0242. The lowest BCUT2D eigenvalue weighted by Crippen LogP contribution is -2.54. The smallest absolute Gasteiger partial charge is 0.236 e. The predicted octanol–water partition coefficient (Wildman–Crippen LogP) is 6.72. The van der Waals surface area contributed by atoms with E-state index < -0.39 is 5.92 Å². The van der Waals surface area contributed by atoms with Gasteiger partial charge in [0.25, 0.3) is 0 Å². The topological polar surface area (TPSA) is 46.6 Å². The molecular weight excluding hydrogens is 446 g/mol. The van der Waals surface area contributed by atoms with Crippen LogP contribution in [0.25, 0.3) is 0 Å². The Morgan fingerprint density at radius 2 is 1.56 bits per heavy atom. The van der Waals surface area contributed by atoms with Gasteiger partial charge < -0.3 is 9.64 Å². The highest BCUT2D eigenvalue weighted by Crippen LogP contribution is 2.44. The summed E-state index contributed by atoms with van der Waals surface area (Å²) in [5.74, 6) is 0.216. The summed E-state index contributed by atoms with van der Waals surface area (Å²) in [5.41, 5.74) is 4.57. The number of nitrogens with zero attached hydrogens (tertiary/aromatic N) is 1. The summed E-state index contributed by atoms with van der Waals surface area (Å²) >= 11 is 0. The molecule has 4 nitrogen and oxygen atoms in total. The van der Waals surface area contributed by atoms with Crippen molar-refractivity contribution in [1.29, 1.82) is 0 Å². The molecule has 4 aromatic rings. The maximum atomic E-state index is 13.2. The molecule has 1 aliphatic rings. The number of anilines is 1. The normalized spacial score (nSPS) is 17.1. The first-order valence-corrected chi connectivity index (χ1v) is 12.0. The fraction of sp³-hybridized carbons (Fsp3) is 0.125. The molecule has 2 atom stereocenters. The molecule has 178 valence electrons. The maximum Gasteiger partial charge on any atom is 0.236 e. The molecule has 4 heteroatoms. The van der Waals surface area contributed by atoms with Crippen LogP contribution in [-0.4, -0.2) is 11.7 Å². The Bertz CT molecular complexity index is 1380. The van der Waals surface area contributed by atoms with E-state index in [0.29, 0.717) is 12.2 Å². The molecule has 1 heterocycles. The molecule has 1 saturated heterocycles. The SMILES string of the molecule is Cc1cccc(C(=O)/C=C/[C@H]2C(=O)N(c3ccccc3)[C@@H]2c2ccc(OCc3ccccc3)cc2)c1. The second-order valence-corrected chi connectivity index (χ2v) is 8.95. The number of ketones is 1. The van der Waals surface area contributed by atoms with Crippen molar-refractivity contribution in [3.05, 3.63) is 144 Å². The predicted molar refractivity (Wildman–Crippen MR) is 142 cm³/mol. The number of carbonyl (C=O) groups excluding carboxylic acids is 2. The van der Waals surface area contributed by atoms with Crippen LogP contribution in [0.4, 0.5) is 5.69 Å². The number of β-lactam (4-membered cyclic amide) rings is 1. The molecule has 0 unspecified atom stereocenters. The van der Waals surface area contributed by atoms with E-state index in [1.54, 1.807) is 17.0 Å². The van der Waals surface area contributed by atoms with Gasteiger partial charge in [-0.1, -0.05) is 90.5 Å². The number of amides is 1.